The van der Waals surface area contributed by atoms with Crippen LogP contribution in [0, 0.1) is 0 Å². The van der Waals surface area contributed by atoms with E-state index in [-0.39, 0.29) is 0 Å². The van der Waals surface area contributed by atoms with Crippen LogP contribution in [0.15, 0.2) is 212 Å². The number of benzene rings is 9. The molecule has 9 aromatic rings. The highest BCUT2D eigenvalue weighted by Gasteiger charge is 2.54. The Morgan fingerprint density at radius 1 is 0.288 bits per heavy atom. The summed E-state index contributed by atoms with van der Waals surface area (Å²) in [5, 5.41) is 0. The Morgan fingerprint density at radius 3 is 1.29 bits per heavy atom. The molecular weight excluding hydrogens is 719 g/mol. The number of ether oxygens (including phenoxy) is 2. The van der Waals surface area contributed by atoms with E-state index in [9.17, 15) is 0 Å². The van der Waals surface area contributed by atoms with Crippen LogP contribution in [0.25, 0.3) is 22.3 Å². The van der Waals surface area contributed by atoms with Crippen LogP contribution >= 0.6 is 0 Å². The zero-order valence-corrected chi connectivity index (χ0v) is 32.0. The van der Waals surface area contributed by atoms with Crippen molar-refractivity contribution in [2.24, 2.45) is 0 Å². The Kier molecular flexibility index (Phi) is 6.58. The molecule has 2 heterocycles. The van der Waals surface area contributed by atoms with Crippen molar-refractivity contribution >= 4 is 17.1 Å². The molecule has 276 valence electrons. The summed E-state index contributed by atoms with van der Waals surface area (Å²) in [6.07, 6.45) is 0. The minimum atomic E-state index is -0.645. The summed E-state index contributed by atoms with van der Waals surface area (Å²) in [7, 11) is 0. The lowest BCUT2D eigenvalue weighted by Crippen LogP contribution is -2.33. The van der Waals surface area contributed by atoms with Gasteiger partial charge in [-0.2, -0.15) is 0 Å². The van der Waals surface area contributed by atoms with Gasteiger partial charge < -0.3 is 14.4 Å². The first kappa shape index (κ1) is 32.5. The zero-order valence-electron chi connectivity index (χ0n) is 32.0. The highest BCUT2D eigenvalue weighted by atomic mass is 16.5. The highest BCUT2D eigenvalue weighted by molar-refractivity contribution is 5.97. The van der Waals surface area contributed by atoms with E-state index in [2.05, 4.69) is 217 Å². The Labute approximate surface area is 343 Å². The van der Waals surface area contributed by atoms with E-state index in [4.69, 9.17) is 9.47 Å². The minimum absolute atomic E-state index is 0.593. The molecule has 0 N–H and O–H groups in total. The first-order chi connectivity index (χ1) is 29.3. The summed E-state index contributed by atoms with van der Waals surface area (Å²) < 4.78 is 13.4. The molecule has 0 radical (unpaired) electrons. The van der Waals surface area contributed by atoms with E-state index in [1.165, 1.54) is 44.5 Å². The van der Waals surface area contributed by atoms with Gasteiger partial charge in [0.05, 0.1) is 16.5 Å². The summed E-state index contributed by atoms with van der Waals surface area (Å²) in [5.74, 6) is 3.53. The Morgan fingerprint density at radius 2 is 0.712 bits per heavy atom. The van der Waals surface area contributed by atoms with E-state index in [0.717, 1.165) is 62.3 Å². The van der Waals surface area contributed by atoms with Gasteiger partial charge in [-0.15, -0.1) is 0 Å². The third-order valence-electron chi connectivity index (χ3n) is 13.2. The van der Waals surface area contributed by atoms with Gasteiger partial charge in [-0.1, -0.05) is 158 Å². The maximum absolute atomic E-state index is 6.74. The van der Waals surface area contributed by atoms with Gasteiger partial charge >= 0.3 is 0 Å². The Hall–Kier alpha value is -7.62. The molecule has 3 heteroatoms. The van der Waals surface area contributed by atoms with Crippen molar-refractivity contribution in [3.8, 4) is 45.3 Å². The Bertz CT molecular complexity index is 3110. The molecule has 0 atom stereocenters. The predicted molar refractivity (Wildman–Crippen MR) is 236 cm³/mol. The second-order valence-corrected chi connectivity index (χ2v) is 15.9. The number of hydrogen-bond acceptors (Lipinski definition) is 3. The lowest BCUT2D eigenvalue weighted by molar-refractivity contribution is 0.436. The molecule has 13 rings (SSSR count). The van der Waals surface area contributed by atoms with Crippen LogP contribution in [0.5, 0.6) is 23.0 Å². The van der Waals surface area contributed by atoms with E-state index in [1.807, 2.05) is 0 Å². The first-order valence-corrected chi connectivity index (χ1v) is 20.3. The number of anilines is 3. The largest absolute Gasteiger partial charge is 0.457 e. The van der Waals surface area contributed by atoms with Crippen molar-refractivity contribution in [1.29, 1.82) is 0 Å². The summed E-state index contributed by atoms with van der Waals surface area (Å²) in [5.41, 5.74) is 16.6. The quantitative estimate of drug-likeness (QED) is 0.179. The lowest BCUT2D eigenvalue weighted by Gasteiger charge is -2.42. The van der Waals surface area contributed by atoms with E-state index < -0.39 is 10.8 Å². The molecule has 0 fully saturated rings. The van der Waals surface area contributed by atoms with Crippen LogP contribution in [0.3, 0.4) is 0 Å². The topological polar surface area (TPSA) is 21.7 Å². The molecule has 9 aromatic carbocycles. The number of fused-ring (bicyclic) bond motifs is 18. The average molecular weight is 754 g/mol. The molecule has 0 aromatic heterocycles. The van der Waals surface area contributed by atoms with Gasteiger partial charge in [-0.25, -0.2) is 0 Å². The van der Waals surface area contributed by atoms with Gasteiger partial charge in [0.25, 0.3) is 0 Å². The van der Waals surface area contributed by atoms with E-state index in [0.29, 0.717) is 0 Å². The standard InChI is InChI=1S/C56H35NO2/c1-2-17-36(18-3-1)57(37-33-34-40-38-19-4-6-22-42(38)55(48(40)35-37)44-24-8-12-29-50(44)58-51-30-13-9-25-45(51)55)49-28-16-21-41-39-20-5-7-23-43(39)56(54(41)49)46-26-10-14-31-52(46)59-53-32-15-11-27-47(53)56/h1-35H. The van der Waals surface area contributed by atoms with Crippen molar-refractivity contribution in [2.45, 2.75) is 10.8 Å². The van der Waals surface area contributed by atoms with Gasteiger partial charge in [0.15, 0.2) is 0 Å². The SMILES string of the molecule is c1ccc(N(c2ccc3c(c2)C2(c4ccccc4Oc4ccccc42)c2ccccc2-3)c2cccc3c2C2(c4ccccc4Oc4ccccc42)c2ccccc2-3)cc1. The first-order valence-electron chi connectivity index (χ1n) is 20.3. The number of nitrogens with zero attached hydrogens (tertiary/aromatic N) is 1. The summed E-state index contributed by atoms with van der Waals surface area (Å²) in [6.45, 7) is 0. The van der Waals surface area contributed by atoms with Crippen LogP contribution < -0.4 is 14.4 Å². The van der Waals surface area contributed by atoms with Crippen LogP contribution in [-0.4, -0.2) is 0 Å². The molecule has 59 heavy (non-hydrogen) atoms. The predicted octanol–water partition coefficient (Wildman–Crippen LogP) is 14.1. The van der Waals surface area contributed by atoms with Gasteiger partial charge in [-0.3, -0.25) is 0 Å². The third kappa shape index (κ3) is 4.11. The van der Waals surface area contributed by atoms with E-state index >= 15 is 0 Å². The molecule has 0 saturated carbocycles. The molecule has 0 unspecified atom stereocenters. The number of rotatable bonds is 3. The van der Waals surface area contributed by atoms with Crippen LogP contribution in [0.1, 0.15) is 44.5 Å². The summed E-state index contributed by atoms with van der Waals surface area (Å²) in [6, 6.07) is 77.1. The van der Waals surface area contributed by atoms with Gasteiger partial charge in [0, 0.05) is 39.2 Å². The zero-order chi connectivity index (χ0) is 38.7. The molecule has 0 saturated heterocycles. The Balaban J connectivity index is 1.14. The molecule has 4 aliphatic rings. The van der Waals surface area contributed by atoms with Crippen LogP contribution in [0.2, 0.25) is 0 Å². The molecule has 2 spiro atoms. The van der Waals surface area contributed by atoms with Gasteiger partial charge in [0.2, 0.25) is 0 Å². The maximum atomic E-state index is 6.74. The fourth-order valence-corrected chi connectivity index (χ4v) is 11.1. The highest BCUT2D eigenvalue weighted by Crippen LogP contribution is 2.66. The molecular formula is C56H35NO2. The number of para-hydroxylation sites is 5. The van der Waals surface area contributed by atoms with Crippen LogP contribution in [-0.2, 0) is 10.8 Å². The van der Waals surface area contributed by atoms with Crippen molar-refractivity contribution < 1.29 is 9.47 Å². The van der Waals surface area contributed by atoms with Crippen molar-refractivity contribution in [1.82, 2.24) is 0 Å². The van der Waals surface area contributed by atoms with Crippen molar-refractivity contribution in [3.63, 3.8) is 0 Å². The number of hydrogen-bond donors (Lipinski definition) is 0. The molecule has 2 aliphatic heterocycles. The second kappa shape index (κ2) is 12.0. The minimum Gasteiger partial charge on any atom is -0.457 e. The summed E-state index contributed by atoms with van der Waals surface area (Å²) >= 11 is 0. The summed E-state index contributed by atoms with van der Waals surface area (Å²) in [4.78, 5) is 2.49. The molecule has 0 amide bonds. The maximum Gasteiger partial charge on any atom is 0.132 e. The van der Waals surface area contributed by atoms with Crippen molar-refractivity contribution in [3.05, 3.63) is 257 Å². The normalized spacial score (nSPS) is 14.6. The van der Waals surface area contributed by atoms with Crippen molar-refractivity contribution in [2.75, 3.05) is 4.90 Å². The molecule has 0 bridgehead atoms. The smallest absolute Gasteiger partial charge is 0.132 e. The van der Waals surface area contributed by atoms with Gasteiger partial charge in [0.1, 0.15) is 23.0 Å². The molecule has 3 nitrogen and oxygen atoms in total. The molecule has 2 aliphatic carbocycles. The average Bonchev–Trinajstić information content (AvgIpc) is 3.76. The monoisotopic (exact) mass is 753 g/mol. The second-order valence-electron chi connectivity index (χ2n) is 15.9. The fraction of sp³-hybridized carbons (Fsp3) is 0.0357. The van der Waals surface area contributed by atoms with E-state index in [1.54, 1.807) is 0 Å². The van der Waals surface area contributed by atoms with Crippen LogP contribution in [0.4, 0.5) is 17.1 Å². The van der Waals surface area contributed by atoms with Gasteiger partial charge in [-0.05, 0) is 93.5 Å². The third-order valence-corrected chi connectivity index (χ3v) is 13.2. The fourth-order valence-electron chi connectivity index (χ4n) is 11.1. The lowest BCUT2D eigenvalue weighted by atomic mass is 9.65.